The van der Waals surface area contributed by atoms with Gasteiger partial charge in [0.2, 0.25) is 11.8 Å². The Hall–Kier alpha value is -1.49. The summed E-state index contributed by atoms with van der Waals surface area (Å²) in [4.78, 5) is 26.9. The Morgan fingerprint density at radius 3 is 2.83 bits per heavy atom. The van der Waals surface area contributed by atoms with Gasteiger partial charge >= 0.3 is 0 Å². The van der Waals surface area contributed by atoms with E-state index in [0.29, 0.717) is 19.6 Å². The fourth-order valence-corrected chi connectivity index (χ4v) is 4.33. The van der Waals surface area contributed by atoms with Gasteiger partial charge in [-0.15, -0.1) is 11.8 Å². The van der Waals surface area contributed by atoms with E-state index in [1.807, 2.05) is 16.7 Å². The number of likely N-dealkylation sites (tertiary alicyclic amines) is 1. The van der Waals surface area contributed by atoms with Crippen molar-refractivity contribution < 1.29 is 9.59 Å². The molecule has 1 aromatic rings. The van der Waals surface area contributed by atoms with Crippen LogP contribution in [0.15, 0.2) is 23.1 Å². The summed E-state index contributed by atoms with van der Waals surface area (Å²) in [5.74, 6) is 1.48. The number of fused-ring (bicyclic) bond motifs is 1. The lowest BCUT2D eigenvalue weighted by molar-refractivity contribution is -0.134. The van der Waals surface area contributed by atoms with Crippen molar-refractivity contribution in [1.82, 2.24) is 10.2 Å². The number of hydrogen-bond acceptors (Lipinski definition) is 3. The third-order valence-electron chi connectivity index (χ3n) is 4.75. The lowest BCUT2D eigenvalue weighted by Gasteiger charge is -2.30. The first-order chi connectivity index (χ1) is 11.1. The summed E-state index contributed by atoms with van der Waals surface area (Å²) in [6.07, 6.45) is 3.92. The number of amides is 2. The fourth-order valence-electron chi connectivity index (χ4n) is 3.31. The van der Waals surface area contributed by atoms with Crippen LogP contribution in [0.25, 0.3) is 0 Å². The average molecular weight is 332 g/mol. The van der Waals surface area contributed by atoms with Crippen LogP contribution in [0.2, 0.25) is 0 Å². The molecule has 1 saturated heterocycles. The van der Waals surface area contributed by atoms with Crippen LogP contribution in [0, 0.1) is 5.92 Å². The van der Waals surface area contributed by atoms with Gasteiger partial charge < -0.3 is 10.2 Å². The van der Waals surface area contributed by atoms with Gasteiger partial charge in [-0.3, -0.25) is 9.59 Å². The van der Waals surface area contributed by atoms with Crippen LogP contribution in [0.4, 0.5) is 0 Å². The molecule has 0 bridgehead atoms. The van der Waals surface area contributed by atoms with Crippen molar-refractivity contribution in [3.63, 3.8) is 0 Å². The average Bonchev–Trinajstić information content (AvgIpc) is 2.59. The molecule has 1 N–H and O–H groups in total. The maximum atomic E-state index is 12.3. The smallest absolute Gasteiger partial charge is 0.223 e. The van der Waals surface area contributed by atoms with E-state index in [9.17, 15) is 9.59 Å². The minimum atomic E-state index is 0.0405. The Kier molecular flexibility index (Phi) is 5.26. The summed E-state index contributed by atoms with van der Waals surface area (Å²) >= 11 is 1.93. The molecular formula is C18H24N2O2S. The van der Waals surface area contributed by atoms with Crippen molar-refractivity contribution in [3.05, 3.63) is 29.3 Å². The molecule has 0 unspecified atom stereocenters. The second-order valence-corrected chi connectivity index (χ2v) is 7.53. The molecule has 2 aliphatic heterocycles. The fraction of sp³-hybridized carbons (Fsp3) is 0.556. The SMILES string of the molecule is CC(=O)N1CCC(C(=O)NCc2ccc3c(c2)CCCS3)CC1. The van der Waals surface area contributed by atoms with Crippen molar-refractivity contribution in [1.29, 1.82) is 0 Å². The quantitative estimate of drug-likeness (QED) is 0.925. The van der Waals surface area contributed by atoms with Gasteiger partial charge in [0, 0.05) is 37.4 Å². The highest BCUT2D eigenvalue weighted by Crippen LogP contribution is 2.30. The zero-order valence-electron chi connectivity index (χ0n) is 13.6. The molecule has 1 fully saturated rings. The predicted octanol–water partition coefficient (Wildman–Crippen LogP) is 2.60. The third kappa shape index (κ3) is 4.08. The Morgan fingerprint density at radius 2 is 2.09 bits per heavy atom. The Balaban J connectivity index is 1.50. The maximum absolute atomic E-state index is 12.3. The maximum Gasteiger partial charge on any atom is 0.223 e. The van der Waals surface area contributed by atoms with Gasteiger partial charge in [0.05, 0.1) is 0 Å². The van der Waals surface area contributed by atoms with E-state index in [1.165, 1.54) is 28.2 Å². The summed E-state index contributed by atoms with van der Waals surface area (Å²) in [5, 5.41) is 3.07. The van der Waals surface area contributed by atoms with E-state index in [2.05, 4.69) is 23.5 Å². The first kappa shape index (κ1) is 16.4. The largest absolute Gasteiger partial charge is 0.352 e. The minimum Gasteiger partial charge on any atom is -0.352 e. The highest BCUT2D eigenvalue weighted by atomic mass is 32.2. The summed E-state index contributed by atoms with van der Waals surface area (Å²) < 4.78 is 0. The standard InChI is InChI=1S/C18H24N2O2S/c1-13(21)20-8-6-15(7-9-20)18(22)19-12-14-4-5-17-16(11-14)3-2-10-23-17/h4-5,11,15H,2-3,6-10,12H2,1H3,(H,19,22). The van der Waals surface area contributed by atoms with Crippen molar-refractivity contribution in [2.45, 2.75) is 44.0 Å². The van der Waals surface area contributed by atoms with Gasteiger partial charge in [-0.25, -0.2) is 0 Å². The van der Waals surface area contributed by atoms with E-state index >= 15 is 0 Å². The third-order valence-corrected chi connectivity index (χ3v) is 5.95. The number of piperidine rings is 1. The van der Waals surface area contributed by atoms with E-state index in [4.69, 9.17) is 0 Å². The molecule has 0 spiro atoms. The zero-order chi connectivity index (χ0) is 16.2. The Labute approximate surface area is 142 Å². The molecular weight excluding hydrogens is 308 g/mol. The molecule has 2 amide bonds. The topological polar surface area (TPSA) is 49.4 Å². The monoisotopic (exact) mass is 332 g/mol. The van der Waals surface area contributed by atoms with Gasteiger partial charge in [-0.05, 0) is 48.6 Å². The Bertz CT molecular complexity index is 595. The predicted molar refractivity (Wildman–Crippen MR) is 92.3 cm³/mol. The van der Waals surface area contributed by atoms with Crippen molar-refractivity contribution in [2.75, 3.05) is 18.8 Å². The lowest BCUT2D eigenvalue weighted by Crippen LogP contribution is -2.42. The van der Waals surface area contributed by atoms with Crippen molar-refractivity contribution in [3.8, 4) is 0 Å². The summed E-state index contributed by atoms with van der Waals surface area (Å²) in [6, 6.07) is 6.54. The molecule has 124 valence electrons. The van der Waals surface area contributed by atoms with Crippen molar-refractivity contribution >= 4 is 23.6 Å². The molecule has 1 aromatic carbocycles. The second kappa shape index (κ2) is 7.39. The first-order valence-corrected chi connectivity index (χ1v) is 9.40. The summed E-state index contributed by atoms with van der Waals surface area (Å²) in [7, 11) is 0. The van der Waals surface area contributed by atoms with Crippen molar-refractivity contribution in [2.24, 2.45) is 5.92 Å². The van der Waals surface area contributed by atoms with E-state index < -0.39 is 0 Å². The Morgan fingerprint density at radius 1 is 1.30 bits per heavy atom. The zero-order valence-corrected chi connectivity index (χ0v) is 14.5. The van der Waals surface area contributed by atoms with Gasteiger partial charge in [-0.1, -0.05) is 12.1 Å². The van der Waals surface area contributed by atoms with Gasteiger partial charge in [0.25, 0.3) is 0 Å². The second-order valence-electron chi connectivity index (χ2n) is 6.39. The first-order valence-electron chi connectivity index (χ1n) is 8.41. The number of rotatable bonds is 3. The number of hydrogen-bond donors (Lipinski definition) is 1. The van der Waals surface area contributed by atoms with E-state index in [1.54, 1.807) is 6.92 Å². The number of thioether (sulfide) groups is 1. The normalized spacial score (nSPS) is 18.4. The van der Waals surface area contributed by atoms with Gasteiger partial charge in [-0.2, -0.15) is 0 Å². The molecule has 0 saturated carbocycles. The van der Waals surface area contributed by atoms with Crippen LogP contribution in [0.3, 0.4) is 0 Å². The number of aryl methyl sites for hydroxylation is 1. The minimum absolute atomic E-state index is 0.0405. The molecule has 0 radical (unpaired) electrons. The van der Waals surface area contributed by atoms with Gasteiger partial charge in [0.15, 0.2) is 0 Å². The lowest BCUT2D eigenvalue weighted by atomic mass is 9.95. The number of benzene rings is 1. The molecule has 2 aliphatic rings. The highest BCUT2D eigenvalue weighted by Gasteiger charge is 2.25. The molecule has 4 nitrogen and oxygen atoms in total. The van der Waals surface area contributed by atoms with Crippen LogP contribution in [-0.2, 0) is 22.6 Å². The van der Waals surface area contributed by atoms with Crippen LogP contribution in [-0.4, -0.2) is 35.6 Å². The number of carbonyl (C=O) groups excluding carboxylic acids is 2. The molecule has 23 heavy (non-hydrogen) atoms. The molecule has 0 aromatic heterocycles. The van der Waals surface area contributed by atoms with Crippen LogP contribution in [0.5, 0.6) is 0 Å². The molecule has 0 aliphatic carbocycles. The molecule has 5 heteroatoms. The van der Waals surface area contributed by atoms with E-state index in [0.717, 1.165) is 19.3 Å². The van der Waals surface area contributed by atoms with Gasteiger partial charge in [0.1, 0.15) is 0 Å². The highest BCUT2D eigenvalue weighted by molar-refractivity contribution is 7.99. The number of nitrogens with one attached hydrogen (secondary N) is 1. The molecule has 3 rings (SSSR count). The summed E-state index contributed by atoms with van der Waals surface area (Å²) in [6.45, 7) is 3.59. The summed E-state index contributed by atoms with van der Waals surface area (Å²) in [5.41, 5.74) is 2.60. The van der Waals surface area contributed by atoms with E-state index in [-0.39, 0.29) is 17.7 Å². The molecule has 2 heterocycles. The molecule has 0 atom stereocenters. The van der Waals surface area contributed by atoms with Crippen LogP contribution < -0.4 is 5.32 Å². The number of carbonyl (C=O) groups is 2. The number of nitrogens with zero attached hydrogens (tertiary/aromatic N) is 1. The van der Waals surface area contributed by atoms with Crippen LogP contribution in [0.1, 0.15) is 37.3 Å². The van der Waals surface area contributed by atoms with Crippen LogP contribution >= 0.6 is 11.8 Å².